The van der Waals surface area contributed by atoms with Gasteiger partial charge in [0, 0.05) is 38.3 Å². The molecule has 0 aromatic heterocycles. The molecule has 0 aromatic carbocycles. The molecule has 1 saturated carbocycles. The van der Waals surface area contributed by atoms with Gasteiger partial charge in [0.2, 0.25) is 0 Å². The lowest BCUT2D eigenvalue weighted by Gasteiger charge is -2.52. The van der Waals surface area contributed by atoms with Crippen LogP contribution in [-0.2, 0) is 4.74 Å². The molecule has 2 fully saturated rings. The number of rotatable bonds is 2. The number of hydrogen-bond acceptors (Lipinski definition) is 4. The maximum atomic E-state index is 12.0. The molecule has 110 valence electrons. The molecule has 2 N–H and O–H groups in total. The Kier molecular flexibility index (Phi) is 4.06. The predicted octanol–water partition coefficient (Wildman–Crippen LogP) is 1.42. The van der Waals surface area contributed by atoms with Gasteiger partial charge in [-0.25, -0.2) is 4.79 Å². The lowest BCUT2D eigenvalue weighted by molar-refractivity contribution is -0.0252. The second-order valence-corrected chi connectivity index (χ2v) is 6.74. The fraction of sp³-hybridized carbons (Fsp3) is 0.929. The van der Waals surface area contributed by atoms with Gasteiger partial charge in [0.1, 0.15) is 5.60 Å². The van der Waals surface area contributed by atoms with Crippen LogP contribution in [0.2, 0.25) is 0 Å². The molecule has 1 aliphatic carbocycles. The molecular weight excluding hydrogens is 242 g/mol. The minimum Gasteiger partial charge on any atom is -0.444 e. The molecule has 0 aromatic rings. The number of nitrogens with zero attached hydrogens (tertiary/aromatic N) is 2. The summed E-state index contributed by atoms with van der Waals surface area (Å²) < 4.78 is 5.41. The van der Waals surface area contributed by atoms with Gasteiger partial charge in [0.05, 0.1) is 0 Å². The van der Waals surface area contributed by atoms with Crippen molar-refractivity contribution in [3.8, 4) is 0 Å². The Labute approximate surface area is 116 Å². The largest absolute Gasteiger partial charge is 0.444 e. The first-order valence-electron chi connectivity index (χ1n) is 7.29. The molecular formula is C14H27N3O2. The van der Waals surface area contributed by atoms with Crippen molar-refractivity contribution < 1.29 is 9.53 Å². The van der Waals surface area contributed by atoms with Gasteiger partial charge >= 0.3 is 6.09 Å². The highest BCUT2D eigenvalue weighted by Crippen LogP contribution is 2.37. The van der Waals surface area contributed by atoms with Crippen LogP contribution in [0.3, 0.4) is 0 Å². The minimum atomic E-state index is -0.416. The van der Waals surface area contributed by atoms with Crippen LogP contribution in [-0.4, -0.2) is 59.8 Å². The number of hydrogen-bond donors (Lipinski definition) is 1. The summed E-state index contributed by atoms with van der Waals surface area (Å²) in [4.78, 5) is 16.3. The Morgan fingerprint density at radius 1 is 1.21 bits per heavy atom. The van der Waals surface area contributed by atoms with Crippen molar-refractivity contribution in [3.05, 3.63) is 0 Å². The fourth-order valence-corrected chi connectivity index (χ4v) is 2.92. The van der Waals surface area contributed by atoms with Crippen LogP contribution < -0.4 is 5.73 Å². The highest BCUT2D eigenvalue weighted by atomic mass is 16.6. The summed E-state index contributed by atoms with van der Waals surface area (Å²) in [5, 5.41) is 0. The van der Waals surface area contributed by atoms with Crippen molar-refractivity contribution in [2.75, 3.05) is 32.7 Å². The second kappa shape index (κ2) is 5.29. The first-order valence-corrected chi connectivity index (χ1v) is 7.29. The van der Waals surface area contributed by atoms with Crippen LogP contribution >= 0.6 is 0 Å². The zero-order chi connectivity index (χ0) is 14.1. The van der Waals surface area contributed by atoms with Crippen LogP contribution in [0.15, 0.2) is 0 Å². The topological polar surface area (TPSA) is 58.8 Å². The van der Waals surface area contributed by atoms with Gasteiger partial charge in [-0.05, 0) is 40.0 Å². The van der Waals surface area contributed by atoms with Crippen molar-refractivity contribution in [2.45, 2.75) is 51.2 Å². The first kappa shape index (κ1) is 14.6. The van der Waals surface area contributed by atoms with E-state index in [9.17, 15) is 4.79 Å². The van der Waals surface area contributed by atoms with E-state index < -0.39 is 5.60 Å². The average Bonchev–Trinajstić information content (AvgIpc) is 2.27. The summed E-state index contributed by atoms with van der Waals surface area (Å²) in [6.07, 6.45) is 3.50. The number of amides is 1. The Bertz CT molecular complexity index is 321. The summed E-state index contributed by atoms with van der Waals surface area (Å²) in [7, 11) is 0. The highest BCUT2D eigenvalue weighted by molar-refractivity contribution is 5.68. The summed E-state index contributed by atoms with van der Waals surface area (Å²) in [5.74, 6) is 0. The molecule has 0 spiro atoms. The van der Waals surface area contributed by atoms with Gasteiger partial charge in [-0.3, -0.25) is 4.90 Å². The van der Waals surface area contributed by atoms with Crippen LogP contribution in [0.25, 0.3) is 0 Å². The van der Waals surface area contributed by atoms with E-state index in [1.54, 1.807) is 0 Å². The standard InChI is InChI=1S/C14H27N3O2/c1-13(2,3)19-12(18)16-7-9-17(10-8-16)14(11-15)5-4-6-14/h4-11,15H2,1-3H3. The lowest BCUT2D eigenvalue weighted by Crippen LogP contribution is -2.63. The number of carbonyl (C=O) groups is 1. The van der Waals surface area contributed by atoms with Gasteiger partial charge in [-0.2, -0.15) is 0 Å². The van der Waals surface area contributed by atoms with Gasteiger partial charge in [0.15, 0.2) is 0 Å². The van der Waals surface area contributed by atoms with E-state index in [0.717, 1.165) is 32.7 Å². The molecule has 1 aliphatic heterocycles. The van der Waals surface area contributed by atoms with E-state index in [-0.39, 0.29) is 11.6 Å². The number of ether oxygens (including phenoxy) is 1. The smallest absolute Gasteiger partial charge is 0.410 e. The molecule has 0 unspecified atom stereocenters. The van der Waals surface area contributed by atoms with Crippen molar-refractivity contribution in [3.63, 3.8) is 0 Å². The average molecular weight is 269 g/mol. The van der Waals surface area contributed by atoms with E-state index in [1.165, 1.54) is 19.3 Å². The van der Waals surface area contributed by atoms with Gasteiger partial charge < -0.3 is 15.4 Å². The van der Waals surface area contributed by atoms with E-state index in [0.29, 0.717) is 0 Å². The van der Waals surface area contributed by atoms with Gasteiger partial charge in [-0.15, -0.1) is 0 Å². The summed E-state index contributed by atoms with van der Waals surface area (Å²) in [6.45, 7) is 9.76. The predicted molar refractivity (Wildman–Crippen MR) is 75.0 cm³/mol. The third-order valence-corrected chi connectivity index (χ3v) is 4.27. The quantitative estimate of drug-likeness (QED) is 0.823. The summed E-state index contributed by atoms with van der Waals surface area (Å²) in [5.41, 5.74) is 5.74. The van der Waals surface area contributed by atoms with Crippen LogP contribution in [0, 0.1) is 0 Å². The summed E-state index contributed by atoms with van der Waals surface area (Å²) in [6, 6.07) is 0. The number of carbonyl (C=O) groups excluding carboxylic acids is 1. The Morgan fingerprint density at radius 3 is 2.16 bits per heavy atom. The molecule has 5 nitrogen and oxygen atoms in total. The first-order chi connectivity index (χ1) is 8.86. The molecule has 0 atom stereocenters. The molecule has 1 saturated heterocycles. The third-order valence-electron chi connectivity index (χ3n) is 4.27. The highest BCUT2D eigenvalue weighted by Gasteiger charge is 2.42. The molecule has 19 heavy (non-hydrogen) atoms. The molecule has 2 aliphatic rings. The van der Waals surface area contributed by atoms with Crippen molar-refractivity contribution in [1.82, 2.24) is 9.80 Å². The van der Waals surface area contributed by atoms with Crippen LogP contribution in [0.1, 0.15) is 40.0 Å². The van der Waals surface area contributed by atoms with Gasteiger partial charge in [0.25, 0.3) is 0 Å². The Hall–Kier alpha value is -0.810. The minimum absolute atomic E-state index is 0.192. The van der Waals surface area contributed by atoms with Crippen molar-refractivity contribution >= 4 is 6.09 Å². The Balaban J connectivity index is 1.84. The monoisotopic (exact) mass is 269 g/mol. The SMILES string of the molecule is CC(C)(C)OC(=O)N1CCN(C2(CN)CCC2)CC1. The zero-order valence-electron chi connectivity index (χ0n) is 12.4. The molecule has 5 heteroatoms. The maximum absolute atomic E-state index is 12.0. The van der Waals surface area contributed by atoms with Gasteiger partial charge in [-0.1, -0.05) is 0 Å². The number of nitrogens with two attached hydrogens (primary N) is 1. The van der Waals surface area contributed by atoms with Crippen LogP contribution in [0.4, 0.5) is 4.79 Å². The number of piperazine rings is 1. The lowest BCUT2D eigenvalue weighted by atomic mass is 9.75. The van der Waals surface area contributed by atoms with E-state index >= 15 is 0 Å². The summed E-state index contributed by atoms with van der Waals surface area (Å²) >= 11 is 0. The maximum Gasteiger partial charge on any atom is 0.410 e. The molecule has 1 heterocycles. The van der Waals surface area contributed by atoms with Crippen molar-refractivity contribution in [2.24, 2.45) is 5.73 Å². The van der Waals surface area contributed by atoms with E-state index in [2.05, 4.69) is 4.90 Å². The van der Waals surface area contributed by atoms with Crippen molar-refractivity contribution in [1.29, 1.82) is 0 Å². The molecule has 0 bridgehead atoms. The normalized spacial score (nSPS) is 23.9. The Morgan fingerprint density at radius 2 is 1.79 bits per heavy atom. The van der Waals surface area contributed by atoms with E-state index in [4.69, 9.17) is 10.5 Å². The second-order valence-electron chi connectivity index (χ2n) is 6.74. The van der Waals surface area contributed by atoms with E-state index in [1.807, 2.05) is 25.7 Å². The zero-order valence-corrected chi connectivity index (χ0v) is 12.4. The fourth-order valence-electron chi connectivity index (χ4n) is 2.92. The molecule has 0 radical (unpaired) electrons. The molecule has 2 rings (SSSR count). The third kappa shape index (κ3) is 3.20. The van der Waals surface area contributed by atoms with Crippen LogP contribution in [0.5, 0.6) is 0 Å². The molecule has 1 amide bonds.